The van der Waals surface area contributed by atoms with Gasteiger partial charge in [-0.05, 0) is 49.7 Å². The molecule has 0 spiro atoms. The monoisotopic (exact) mass is 245 g/mol. The number of nitrogens with one attached hydrogen (secondary N) is 1. The predicted octanol–water partition coefficient (Wildman–Crippen LogP) is 4.47. The van der Waals surface area contributed by atoms with Gasteiger partial charge in [0.15, 0.2) is 0 Å². The van der Waals surface area contributed by atoms with E-state index in [2.05, 4.69) is 57.3 Å². The highest BCUT2D eigenvalue weighted by Crippen LogP contribution is 2.31. The molecule has 0 saturated heterocycles. The van der Waals surface area contributed by atoms with Crippen molar-refractivity contribution in [3.63, 3.8) is 0 Å². The van der Waals surface area contributed by atoms with Gasteiger partial charge in [-0.2, -0.15) is 0 Å². The molecule has 2 rings (SSSR count). The molecule has 1 fully saturated rings. The quantitative estimate of drug-likeness (QED) is 0.828. The zero-order chi connectivity index (χ0) is 13.1. The van der Waals surface area contributed by atoms with E-state index in [4.69, 9.17) is 0 Å². The summed E-state index contributed by atoms with van der Waals surface area (Å²) in [7, 11) is 0. The van der Waals surface area contributed by atoms with Crippen LogP contribution >= 0.6 is 0 Å². The first-order valence-corrected chi connectivity index (χ1v) is 7.41. The van der Waals surface area contributed by atoms with Gasteiger partial charge in [-0.25, -0.2) is 0 Å². The van der Waals surface area contributed by atoms with E-state index in [1.165, 1.54) is 30.4 Å². The van der Waals surface area contributed by atoms with E-state index in [1.54, 1.807) is 0 Å². The van der Waals surface area contributed by atoms with Gasteiger partial charge in [0.05, 0.1) is 0 Å². The zero-order valence-electron chi connectivity index (χ0n) is 12.2. The van der Waals surface area contributed by atoms with Gasteiger partial charge in [0, 0.05) is 12.1 Å². The lowest BCUT2D eigenvalue weighted by Crippen LogP contribution is -2.44. The van der Waals surface area contributed by atoms with Crippen LogP contribution in [0.1, 0.15) is 57.2 Å². The third-order valence-electron chi connectivity index (χ3n) is 4.64. The van der Waals surface area contributed by atoms with Gasteiger partial charge in [0.2, 0.25) is 0 Å². The van der Waals surface area contributed by atoms with E-state index >= 15 is 0 Å². The SMILES string of the molecule is Cc1ccccc1[C@H](C)NC1C(C)CCCC1C. The smallest absolute Gasteiger partial charge is 0.0297 e. The van der Waals surface area contributed by atoms with Crippen molar-refractivity contribution in [2.75, 3.05) is 0 Å². The van der Waals surface area contributed by atoms with Crippen LogP contribution in [0.15, 0.2) is 24.3 Å². The maximum Gasteiger partial charge on any atom is 0.0297 e. The summed E-state index contributed by atoms with van der Waals surface area (Å²) in [6, 6.07) is 9.87. The Balaban J connectivity index is 2.06. The second kappa shape index (κ2) is 5.88. The third kappa shape index (κ3) is 2.95. The minimum Gasteiger partial charge on any atom is -0.307 e. The van der Waals surface area contributed by atoms with Crippen LogP contribution in [-0.4, -0.2) is 6.04 Å². The van der Waals surface area contributed by atoms with E-state index in [0.29, 0.717) is 12.1 Å². The molecular weight excluding hydrogens is 218 g/mol. The summed E-state index contributed by atoms with van der Waals surface area (Å²) in [5, 5.41) is 3.88. The lowest BCUT2D eigenvalue weighted by molar-refractivity contribution is 0.196. The first-order chi connectivity index (χ1) is 8.59. The fraction of sp³-hybridized carbons (Fsp3) is 0.647. The van der Waals surface area contributed by atoms with Gasteiger partial charge < -0.3 is 5.32 Å². The molecule has 1 aromatic carbocycles. The van der Waals surface area contributed by atoms with Gasteiger partial charge in [0.25, 0.3) is 0 Å². The minimum absolute atomic E-state index is 0.458. The van der Waals surface area contributed by atoms with E-state index in [1.807, 2.05) is 0 Å². The van der Waals surface area contributed by atoms with Crippen LogP contribution in [0.25, 0.3) is 0 Å². The summed E-state index contributed by atoms with van der Waals surface area (Å²) in [6.45, 7) is 9.31. The standard InChI is InChI=1S/C17H27N/c1-12-8-5-6-11-16(12)15(4)18-17-13(2)9-7-10-14(17)3/h5-6,8,11,13-15,17-18H,7,9-10H2,1-4H3/t13?,14?,15-,17?/m0/s1. The normalized spacial score (nSPS) is 30.1. The molecule has 1 nitrogen and oxygen atoms in total. The molecule has 0 heterocycles. The van der Waals surface area contributed by atoms with Gasteiger partial charge in [-0.3, -0.25) is 0 Å². The molecule has 1 saturated carbocycles. The maximum absolute atomic E-state index is 3.88. The summed E-state index contributed by atoms with van der Waals surface area (Å²) in [4.78, 5) is 0. The summed E-state index contributed by atoms with van der Waals surface area (Å²) >= 11 is 0. The van der Waals surface area contributed by atoms with Crippen molar-refractivity contribution in [1.82, 2.24) is 5.32 Å². The van der Waals surface area contributed by atoms with Gasteiger partial charge in [0.1, 0.15) is 0 Å². The van der Waals surface area contributed by atoms with Crippen LogP contribution in [-0.2, 0) is 0 Å². The fourth-order valence-corrected chi connectivity index (χ4v) is 3.46. The molecule has 1 N–H and O–H groups in total. The Hall–Kier alpha value is -0.820. The molecule has 2 unspecified atom stereocenters. The lowest BCUT2D eigenvalue weighted by atomic mass is 9.78. The maximum atomic E-state index is 3.88. The van der Waals surface area contributed by atoms with Crippen molar-refractivity contribution in [1.29, 1.82) is 0 Å². The summed E-state index contributed by atoms with van der Waals surface area (Å²) < 4.78 is 0. The van der Waals surface area contributed by atoms with Crippen LogP contribution in [0, 0.1) is 18.8 Å². The second-order valence-corrected chi connectivity index (χ2v) is 6.16. The number of benzene rings is 1. The van der Waals surface area contributed by atoms with E-state index in [0.717, 1.165) is 11.8 Å². The topological polar surface area (TPSA) is 12.0 Å². The lowest BCUT2D eigenvalue weighted by Gasteiger charge is -2.37. The average Bonchev–Trinajstić information content (AvgIpc) is 2.34. The first-order valence-electron chi connectivity index (χ1n) is 7.41. The Morgan fingerprint density at radius 2 is 1.72 bits per heavy atom. The molecule has 3 atom stereocenters. The van der Waals surface area contributed by atoms with E-state index < -0.39 is 0 Å². The molecule has 1 aliphatic carbocycles. The van der Waals surface area contributed by atoms with Crippen LogP contribution in [0.2, 0.25) is 0 Å². The van der Waals surface area contributed by atoms with Crippen molar-refractivity contribution in [3.8, 4) is 0 Å². The Morgan fingerprint density at radius 3 is 2.33 bits per heavy atom. The Bertz CT molecular complexity index is 375. The van der Waals surface area contributed by atoms with Crippen LogP contribution in [0.5, 0.6) is 0 Å². The highest BCUT2D eigenvalue weighted by Gasteiger charge is 2.28. The fourth-order valence-electron chi connectivity index (χ4n) is 3.46. The first kappa shape index (κ1) is 13.6. The second-order valence-electron chi connectivity index (χ2n) is 6.16. The molecule has 1 heteroatoms. The van der Waals surface area contributed by atoms with Gasteiger partial charge in [-0.1, -0.05) is 44.5 Å². The van der Waals surface area contributed by atoms with Crippen molar-refractivity contribution in [3.05, 3.63) is 35.4 Å². The van der Waals surface area contributed by atoms with Crippen LogP contribution in [0.4, 0.5) is 0 Å². The van der Waals surface area contributed by atoms with Gasteiger partial charge >= 0.3 is 0 Å². The molecule has 0 aromatic heterocycles. The van der Waals surface area contributed by atoms with Crippen molar-refractivity contribution in [2.24, 2.45) is 11.8 Å². The highest BCUT2D eigenvalue weighted by atomic mass is 15.0. The number of aryl methyl sites for hydroxylation is 1. The molecule has 0 aliphatic heterocycles. The minimum atomic E-state index is 0.458. The molecule has 1 aliphatic rings. The zero-order valence-corrected chi connectivity index (χ0v) is 12.2. The summed E-state index contributed by atoms with van der Waals surface area (Å²) in [5.41, 5.74) is 2.84. The van der Waals surface area contributed by atoms with Crippen molar-refractivity contribution < 1.29 is 0 Å². The molecule has 0 bridgehead atoms. The molecule has 18 heavy (non-hydrogen) atoms. The van der Waals surface area contributed by atoms with E-state index in [9.17, 15) is 0 Å². The van der Waals surface area contributed by atoms with Crippen LogP contribution < -0.4 is 5.32 Å². The number of hydrogen-bond acceptors (Lipinski definition) is 1. The molecular formula is C17H27N. The van der Waals surface area contributed by atoms with Crippen LogP contribution in [0.3, 0.4) is 0 Å². The molecule has 0 amide bonds. The van der Waals surface area contributed by atoms with Crippen molar-refractivity contribution in [2.45, 2.75) is 59.0 Å². The Morgan fingerprint density at radius 1 is 1.11 bits per heavy atom. The Kier molecular flexibility index (Phi) is 4.45. The molecule has 100 valence electrons. The molecule has 0 radical (unpaired) electrons. The number of rotatable bonds is 3. The van der Waals surface area contributed by atoms with E-state index in [-0.39, 0.29) is 0 Å². The van der Waals surface area contributed by atoms with Gasteiger partial charge in [-0.15, -0.1) is 0 Å². The third-order valence-corrected chi connectivity index (χ3v) is 4.64. The summed E-state index contributed by atoms with van der Waals surface area (Å²) in [5.74, 6) is 1.61. The summed E-state index contributed by atoms with van der Waals surface area (Å²) in [6.07, 6.45) is 4.16. The molecule has 1 aromatic rings. The number of hydrogen-bond donors (Lipinski definition) is 1. The predicted molar refractivity (Wildman–Crippen MR) is 78.7 cm³/mol. The average molecular weight is 245 g/mol. The Labute approximate surface area is 112 Å². The van der Waals surface area contributed by atoms with Crippen molar-refractivity contribution >= 4 is 0 Å². The largest absolute Gasteiger partial charge is 0.307 e. The highest BCUT2D eigenvalue weighted by molar-refractivity contribution is 5.28.